The molecule has 0 atom stereocenters. The lowest BCUT2D eigenvalue weighted by Crippen LogP contribution is -2.27. The molecule has 0 bridgehead atoms. The van der Waals surface area contributed by atoms with Gasteiger partial charge in [0, 0.05) is 11.6 Å². The Morgan fingerprint density at radius 3 is 2.62 bits per heavy atom. The molecule has 0 aliphatic carbocycles. The summed E-state index contributed by atoms with van der Waals surface area (Å²) in [5, 5.41) is 2.26. The maximum atomic E-state index is 11.3. The Morgan fingerprint density at radius 1 is 1.06 bits per heavy atom. The van der Waals surface area contributed by atoms with E-state index in [9.17, 15) is 4.79 Å². The third-order valence-corrected chi connectivity index (χ3v) is 2.97. The number of fused-ring (bicyclic) bond motifs is 3. The van der Waals surface area contributed by atoms with Crippen molar-refractivity contribution in [1.29, 1.82) is 0 Å². The molecular weight excluding hydrogens is 202 g/mol. The van der Waals surface area contributed by atoms with Crippen molar-refractivity contribution in [3.05, 3.63) is 40.2 Å². The van der Waals surface area contributed by atoms with E-state index >= 15 is 0 Å². The third kappa shape index (κ3) is 1.04. The molecule has 4 heteroatoms. The number of carbonyl (C=O) groups is 1. The van der Waals surface area contributed by atoms with Crippen molar-refractivity contribution >= 4 is 16.9 Å². The summed E-state index contributed by atoms with van der Waals surface area (Å²) in [6.45, 7) is 3.93. The number of hydrogen-bond acceptors (Lipinski definition) is 2. The van der Waals surface area contributed by atoms with Crippen LogP contribution in [0.25, 0.3) is 10.9 Å². The maximum Gasteiger partial charge on any atom is 0.368 e. The zero-order valence-electron chi connectivity index (χ0n) is 8.98. The molecule has 0 saturated heterocycles. The van der Waals surface area contributed by atoms with Crippen LogP contribution >= 0.6 is 0 Å². The summed E-state index contributed by atoms with van der Waals surface area (Å²) in [6, 6.07) is 3.34. The normalized spacial score (nSPS) is 13.5. The maximum absolute atomic E-state index is 11.3. The second-order valence-electron chi connectivity index (χ2n) is 3.85. The van der Waals surface area contributed by atoms with Crippen LogP contribution in [0.15, 0.2) is 28.3 Å². The second kappa shape index (κ2) is 2.95. The predicted octanol–water partition coefficient (Wildman–Crippen LogP) is 1.22. The van der Waals surface area contributed by atoms with E-state index in [4.69, 9.17) is 0 Å². The van der Waals surface area contributed by atoms with Crippen LogP contribution in [0.4, 0.5) is 4.79 Å². The molecule has 2 heterocycles. The largest absolute Gasteiger partial charge is 0.368 e. The SMILES string of the molecule is Cc1c(C)c2ncccc2c2c1=NC(=O)N=2. The molecule has 0 radical (unpaired) electrons. The zero-order valence-corrected chi connectivity index (χ0v) is 8.98. The van der Waals surface area contributed by atoms with Gasteiger partial charge >= 0.3 is 6.03 Å². The summed E-state index contributed by atoms with van der Waals surface area (Å²) in [6.07, 6.45) is 1.75. The Balaban J connectivity index is 2.72. The van der Waals surface area contributed by atoms with Crippen molar-refractivity contribution in [3.8, 4) is 0 Å². The van der Waals surface area contributed by atoms with Crippen LogP contribution in [-0.4, -0.2) is 11.0 Å². The Hall–Kier alpha value is -2.10. The van der Waals surface area contributed by atoms with Gasteiger partial charge < -0.3 is 0 Å². The Morgan fingerprint density at radius 2 is 1.81 bits per heavy atom. The van der Waals surface area contributed by atoms with E-state index in [0.717, 1.165) is 22.0 Å². The molecule has 1 aromatic heterocycles. The molecule has 78 valence electrons. The topological polar surface area (TPSA) is 54.7 Å². The fourth-order valence-corrected chi connectivity index (χ4v) is 2.02. The summed E-state index contributed by atoms with van der Waals surface area (Å²) in [4.78, 5) is 23.5. The smallest absolute Gasteiger partial charge is 0.256 e. The number of aromatic nitrogens is 1. The highest BCUT2D eigenvalue weighted by atomic mass is 16.2. The Kier molecular flexibility index (Phi) is 1.68. The average molecular weight is 211 g/mol. The van der Waals surface area contributed by atoms with Gasteiger partial charge in [-0.25, -0.2) is 4.79 Å². The van der Waals surface area contributed by atoms with Crippen LogP contribution < -0.4 is 10.7 Å². The first kappa shape index (κ1) is 9.15. The van der Waals surface area contributed by atoms with Crippen molar-refractivity contribution < 1.29 is 4.79 Å². The van der Waals surface area contributed by atoms with Gasteiger partial charge in [0.25, 0.3) is 0 Å². The van der Waals surface area contributed by atoms with E-state index in [1.165, 1.54) is 0 Å². The number of amides is 2. The number of urea groups is 1. The number of hydrogen-bond donors (Lipinski definition) is 0. The lowest BCUT2D eigenvalue weighted by molar-refractivity contribution is 0.256. The van der Waals surface area contributed by atoms with Crippen molar-refractivity contribution in [2.45, 2.75) is 13.8 Å². The van der Waals surface area contributed by atoms with Crippen molar-refractivity contribution in [2.24, 2.45) is 9.98 Å². The van der Waals surface area contributed by atoms with Crippen LogP contribution in [0.2, 0.25) is 0 Å². The summed E-state index contributed by atoms with van der Waals surface area (Å²) in [7, 11) is 0. The van der Waals surface area contributed by atoms with Crippen LogP contribution in [0.3, 0.4) is 0 Å². The van der Waals surface area contributed by atoms with Gasteiger partial charge in [-0.05, 0) is 37.1 Å². The molecule has 2 amide bonds. The molecule has 1 aliphatic heterocycles. The molecule has 0 saturated carbocycles. The summed E-state index contributed by atoms with van der Waals surface area (Å²) >= 11 is 0. The highest BCUT2D eigenvalue weighted by Crippen LogP contribution is 2.13. The second-order valence-corrected chi connectivity index (χ2v) is 3.85. The van der Waals surface area contributed by atoms with Crippen molar-refractivity contribution in [3.63, 3.8) is 0 Å². The fraction of sp³-hybridized carbons (Fsp3) is 0.167. The minimum atomic E-state index is -0.422. The number of aryl methyl sites for hydroxylation is 1. The lowest BCUT2D eigenvalue weighted by atomic mass is 10.0. The standard InChI is InChI=1S/C12H9N3O/c1-6-7(2)10-11(15-12(16)14-10)8-4-3-5-13-9(6)8/h3-5H,1-2H3. The summed E-state index contributed by atoms with van der Waals surface area (Å²) in [5.74, 6) is 0. The predicted molar refractivity (Wildman–Crippen MR) is 58.9 cm³/mol. The average Bonchev–Trinajstić information content (AvgIpc) is 2.68. The van der Waals surface area contributed by atoms with E-state index in [2.05, 4.69) is 15.0 Å². The quantitative estimate of drug-likeness (QED) is 0.658. The van der Waals surface area contributed by atoms with Crippen molar-refractivity contribution in [1.82, 2.24) is 4.98 Å². The van der Waals surface area contributed by atoms with Crippen molar-refractivity contribution in [2.75, 3.05) is 0 Å². The molecule has 0 fully saturated rings. The molecule has 1 aromatic carbocycles. The van der Waals surface area contributed by atoms with Gasteiger partial charge in [0.2, 0.25) is 0 Å². The highest BCUT2D eigenvalue weighted by molar-refractivity contribution is 5.86. The van der Waals surface area contributed by atoms with E-state index in [-0.39, 0.29) is 0 Å². The number of rotatable bonds is 0. The van der Waals surface area contributed by atoms with Gasteiger partial charge in [0.15, 0.2) is 0 Å². The molecule has 0 N–H and O–H groups in total. The van der Waals surface area contributed by atoms with Crippen LogP contribution in [0.1, 0.15) is 11.1 Å². The first-order chi connectivity index (χ1) is 7.68. The number of nitrogens with zero attached hydrogens (tertiary/aromatic N) is 3. The first-order valence-corrected chi connectivity index (χ1v) is 5.04. The van der Waals surface area contributed by atoms with Gasteiger partial charge in [-0.2, -0.15) is 9.98 Å². The summed E-state index contributed by atoms with van der Waals surface area (Å²) in [5.41, 5.74) is 2.94. The highest BCUT2D eigenvalue weighted by Gasteiger charge is 2.14. The van der Waals surface area contributed by atoms with Crippen LogP contribution in [0.5, 0.6) is 0 Å². The molecular formula is C12H9N3O. The first-order valence-electron chi connectivity index (χ1n) is 5.04. The number of pyridine rings is 1. The minimum absolute atomic E-state index is 0.422. The minimum Gasteiger partial charge on any atom is -0.256 e. The zero-order chi connectivity index (χ0) is 11.3. The Bertz CT molecular complexity index is 747. The third-order valence-electron chi connectivity index (χ3n) is 2.97. The lowest BCUT2D eigenvalue weighted by Gasteiger charge is -2.03. The molecule has 1 aliphatic rings. The Labute approximate surface area is 91.4 Å². The van der Waals surface area contributed by atoms with Crippen LogP contribution in [-0.2, 0) is 0 Å². The van der Waals surface area contributed by atoms with E-state index in [1.54, 1.807) is 6.20 Å². The molecule has 16 heavy (non-hydrogen) atoms. The molecule has 0 unspecified atom stereocenters. The monoisotopic (exact) mass is 211 g/mol. The van der Waals surface area contributed by atoms with Gasteiger partial charge in [0.05, 0.1) is 10.9 Å². The van der Waals surface area contributed by atoms with E-state index in [0.29, 0.717) is 10.7 Å². The molecule has 2 aromatic rings. The van der Waals surface area contributed by atoms with Crippen LogP contribution in [0, 0.1) is 13.8 Å². The number of carbonyl (C=O) groups excluding carboxylic acids is 1. The molecule has 0 spiro atoms. The summed E-state index contributed by atoms with van der Waals surface area (Å²) < 4.78 is 0. The van der Waals surface area contributed by atoms with Gasteiger partial charge in [-0.1, -0.05) is 0 Å². The van der Waals surface area contributed by atoms with E-state index in [1.807, 2.05) is 26.0 Å². The molecule has 4 nitrogen and oxygen atoms in total. The van der Waals surface area contributed by atoms with Gasteiger partial charge in [0.1, 0.15) is 5.36 Å². The molecule has 3 rings (SSSR count). The van der Waals surface area contributed by atoms with E-state index < -0.39 is 6.03 Å². The number of benzene rings is 1. The van der Waals surface area contributed by atoms with Gasteiger partial charge in [-0.3, -0.25) is 4.98 Å². The van der Waals surface area contributed by atoms with Gasteiger partial charge in [-0.15, -0.1) is 0 Å². The fourth-order valence-electron chi connectivity index (χ4n) is 2.02.